The van der Waals surface area contributed by atoms with Crippen molar-refractivity contribution in [3.63, 3.8) is 0 Å². The molecule has 12 nitrogen and oxygen atoms in total. The summed E-state index contributed by atoms with van der Waals surface area (Å²) in [7, 11) is -16.2. The van der Waals surface area contributed by atoms with Crippen LogP contribution < -0.4 is 44.0 Å². The maximum absolute atomic E-state index is 8.55. The minimum atomic E-state index is -5.39. The first-order valence-electron chi connectivity index (χ1n) is 2.19. The smallest absolute Gasteiger partial charge is 0.822 e. The molecule has 0 saturated heterocycles. The molecule has 0 fully saturated rings. The van der Waals surface area contributed by atoms with Crippen LogP contribution in [0.15, 0.2) is 0 Å². The van der Waals surface area contributed by atoms with Crippen molar-refractivity contribution in [1.29, 1.82) is 0 Å². The minimum Gasteiger partial charge on any atom is -0.822 e. The second-order valence-corrected chi connectivity index (χ2v) is 4.02. The van der Waals surface area contributed by atoms with Gasteiger partial charge in [-0.25, -0.2) is 0 Å². The SMILES string of the molecule is O=P([O-])([O-])[O-].O=P([O-])([O-])[O-].O=P([O-])([O-])[O-].[C+4].[Co+2].[PH6+3]. The van der Waals surface area contributed by atoms with Crippen molar-refractivity contribution in [2.75, 3.05) is 0 Å². The van der Waals surface area contributed by atoms with Gasteiger partial charge in [-0.1, -0.05) is 0 Å². The molecular weight excluding hydrogens is 387 g/mol. The fraction of sp³-hybridized carbons (Fsp3) is 0. The van der Waals surface area contributed by atoms with Crippen molar-refractivity contribution in [2.45, 2.75) is 0 Å². The van der Waals surface area contributed by atoms with Gasteiger partial charge in [0.1, 0.15) is 0 Å². The average Bonchev–Trinajstić information content (AvgIpc) is 1.41. The van der Waals surface area contributed by atoms with Crippen LogP contribution in [-0.4, -0.2) is 0 Å². The van der Waals surface area contributed by atoms with E-state index in [1.165, 1.54) is 0 Å². The van der Waals surface area contributed by atoms with E-state index in [1.54, 1.807) is 0 Å². The van der Waals surface area contributed by atoms with Crippen LogP contribution in [0.5, 0.6) is 0 Å². The Morgan fingerprint density at radius 3 is 0.500 bits per heavy atom. The molecule has 18 heavy (non-hydrogen) atoms. The van der Waals surface area contributed by atoms with Gasteiger partial charge in [-0.15, -0.1) is 0 Å². The number of hydrogen-bond acceptors (Lipinski definition) is 12. The van der Waals surface area contributed by atoms with Crippen LogP contribution in [0, 0.1) is 7.43 Å². The van der Waals surface area contributed by atoms with Crippen molar-refractivity contribution in [2.24, 2.45) is 0 Å². The number of hydrogen-bond donors (Lipinski definition) is 0. The molecule has 0 atom stereocenters. The Bertz CT molecular complexity index is 210. The van der Waals surface area contributed by atoms with Crippen LogP contribution in [0.2, 0.25) is 0 Å². The largest absolute Gasteiger partial charge is 4.00 e. The van der Waals surface area contributed by atoms with Gasteiger partial charge in [0.25, 0.3) is 0 Å². The molecule has 0 aromatic heterocycles. The summed E-state index contributed by atoms with van der Waals surface area (Å²) in [5.74, 6) is 0. The first kappa shape index (κ1) is 36.5. The Morgan fingerprint density at radius 1 is 0.500 bits per heavy atom. The third-order valence-electron chi connectivity index (χ3n) is 0. The van der Waals surface area contributed by atoms with E-state index in [9.17, 15) is 0 Å². The molecule has 0 N–H and O–H groups in total. The zero-order valence-corrected chi connectivity index (χ0v) is 10.8. The third kappa shape index (κ3) is 2850. The molecule has 0 aromatic rings. The Hall–Kier alpha value is 1.27. The Kier molecular flexibility index (Phi) is 29.8. The quantitative estimate of drug-likeness (QED) is 0.347. The van der Waals surface area contributed by atoms with E-state index in [-0.39, 0.29) is 34.1 Å². The van der Waals surface area contributed by atoms with Gasteiger partial charge >= 0.3 is 24.2 Å². The first-order valence-corrected chi connectivity index (χ1v) is 6.57. The number of phosphoric acid groups is 3. The zero-order chi connectivity index (χ0) is 13.5. The summed E-state index contributed by atoms with van der Waals surface area (Å²) in [4.78, 5) is 76.9. The summed E-state index contributed by atoms with van der Waals surface area (Å²) in [5.41, 5.74) is 0. The normalized spacial score (nSPS) is 9.83. The molecule has 0 spiro atoms. The van der Waals surface area contributed by atoms with Gasteiger partial charge in [-0.2, -0.15) is 23.5 Å². The monoisotopic (exact) mass is 393 g/mol. The fourth-order valence-electron chi connectivity index (χ4n) is 0. The third-order valence-corrected chi connectivity index (χ3v) is 0. The van der Waals surface area contributed by atoms with Crippen LogP contribution in [-0.2, 0) is 30.5 Å². The van der Waals surface area contributed by atoms with Gasteiger partial charge < -0.3 is 57.7 Å². The van der Waals surface area contributed by atoms with Crippen molar-refractivity contribution in [1.82, 2.24) is 0 Å². The van der Waals surface area contributed by atoms with Crippen molar-refractivity contribution in [3.8, 4) is 0 Å². The molecular formula is CH6CoO12P4. The summed E-state index contributed by atoms with van der Waals surface area (Å²) >= 11 is 0. The van der Waals surface area contributed by atoms with Gasteiger partial charge in [0.05, 0.1) is 0 Å². The maximum atomic E-state index is 8.55. The van der Waals surface area contributed by atoms with E-state index in [0.717, 1.165) is 0 Å². The zero-order valence-electron chi connectivity index (χ0n) is 7.07. The molecule has 0 rings (SSSR count). The molecule has 1 radical (unpaired) electrons. The molecule has 17 heteroatoms. The molecule has 0 saturated carbocycles. The summed E-state index contributed by atoms with van der Waals surface area (Å²) in [6.45, 7) is 0. The van der Waals surface area contributed by atoms with Gasteiger partial charge in [-0.05, 0) is 0 Å². The molecule has 111 valence electrons. The van der Waals surface area contributed by atoms with Gasteiger partial charge in [0.15, 0.2) is 0 Å². The second-order valence-electron chi connectivity index (χ2n) is 1.34. The number of rotatable bonds is 0. The van der Waals surface area contributed by atoms with Gasteiger partial charge in [-0.3, -0.25) is 9.90 Å². The first-order chi connectivity index (χ1) is 6.00. The van der Waals surface area contributed by atoms with Crippen LogP contribution in [0.1, 0.15) is 0 Å². The molecule has 0 aliphatic rings. The standard InChI is InChI=1S/C.Co.3H3O4P.H6P/c;;3*1-5(2,3)4;/h;;3*(H3,1,2,3,4);1H6/q+4;+2;;;;+3/p-9. The maximum Gasteiger partial charge on any atom is 4.00 e. The predicted octanol–water partition coefficient (Wildman–Crippen LogP) is -9.14. The minimum absolute atomic E-state index is 0. The average molecular weight is 393 g/mol. The summed E-state index contributed by atoms with van der Waals surface area (Å²) in [5, 5.41) is 0. The summed E-state index contributed by atoms with van der Waals surface area (Å²) in [6.07, 6.45) is 0. The van der Waals surface area contributed by atoms with Crippen LogP contribution in [0.25, 0.3) is 0 Å². The topological polar surface area (TPSA) is 259 Å². The Balaban J connectivity index is -0.0000000277. The van der Waals surface area contributed by atoms with E-state index in [2.05, 4.69) is 0 Å². The fourth-order valence-corrected chi connectivity index (χ4v) is 0. The second kappa shape index (κ2) is 14.7. The van der Waals surface area contributed by atoms with E-state index in [1.807, 2.05) is 0 Å². The Morgan fingerprint density at radius 2 is 0.500 bits per heavy atom. The molecule has 0 amide bonds. The van der Waals surface area contributed by atoms with E-state index >= 15 is 0 Å². The van der Waals surface area contributed by atoms with E-state index in [4.69, 9.17) is 57.7 Å². The van der Waals surface area contributed by atoms with Crippen LogP contribution >= 0.6 is 33.4 Å². The predicted molar refractivity (Wildman–Crippen MR) is 41.4 cm³/mol. The van der Waals surface area contributed by atoms with E-state index < -0.39 is 23.5 Å². The molecule has 0 aromatic carbocycles. The van der Waals surface area contributed by atoms with Crippen molar-refractivity contribution in [3.05, 3.63) is 7.43 Å². The molecule has 0 unspecified atom stereocenters. The Labute approximate surface area is 116 Å². The van der Waals surface area contributed by atoms with Crippen molar-refractivity contribution < 1.29 is 74.5 Å². The molecule has 0 heterocycles. The summed E-state index contributed by atoms with van der Waals surface area (Å²) < 4.78 is 25.6. The van der Waals surface area contributed by atoms with Crippen molar-refractivity contribution >= 4 is 33.4 Å². The van der Waals surface area contributed by atoms with Crippen LogP contribution in [0.4, 0.5) is 0 Å². The molecule has 0 aliphatic heterocycles. The van der Waals surface area contributed by atoms with Crippen LogP contribution in [0.3, 0.4) is 0 Å². The van der Waals surface area contributed by atoms with E-state index in [0.29, 0.717) is 0 Å². The van der Waals surface area contributed by atoms with Gasteiger partial charge in [0.2, 0.25) is 0 Å². The molecule has 0 bridgehead atoms. The molecule has 0 aliphatic carbocycles. The summed E-state index contributed by atoms with van der Waals surface area (Å²) in [6, 6.07) is 0. The van der Waals surface area contributed by atoms with Gasteiger partial charge in [0, 0.05) is 0 Å².